The van der Waals surface area contributed by atoms with Crippen molar-refractivity contribution in [1.82, 2.24) is 9.97 Å². The Hall–Kier alpha value is -0.900. The SMILES string of the molecule is CCC[C@H]1OC[C@H](Sc2cncc(C(F)(F)F)n2)[C@@H](O)[C@H]1O. The third-order valence-corrected chi connectivity index (χ3v) is 4.49. The lowest BCUT2D eigenvalue weighted by atomic mass is 9.99. The Labute approximate surface area is 129 Å². The predicted octanol–water partition coefficient (Wildman–Crippen LogP) is 1.88. The largest absolute Gasteiger partial charge is 0.434 e. The molecule has 2 N–H and O–H groups in total. The molecule has 1 aromatic rings. The molecule has 0 unspecified atom stereocenters. The maximum atomic E-state index is 12.6. The molecule has 0 saturated carbocycles. The molecule has 4 atom stereocenters. The Morgan fingerprint density at radius 2 is 2.05 bits per heavy atom. The van der Waals surface area contributed by atoms with Crippen LogP contribution < -0.4 is 0 Å². The maximum Gasteiger partial charge on any atom is 0.434 e. The minimum atomic E-state index is -4.57. The van der Waals surface area contributed by atoms with Crippen LogP contribution in [0.15, 0.2) is 17.4 Å². The molecule has 1 aliphatic heterocycles. The number of aliphatic hydroxyl groups is 2. The van der Waals surface area contributed by atoms with E-state index in [9.17, 15) is 23.4 Å². The van der Waals surface area contributed by atoms with Gasteiger partial charge in [-0.25, -0.2) is 4.98 Å². The molecule has 124 valence electrons. The van der Waals surface area contributed by atoms with Gasteiger partial charge in [0.1, 0.15) is 11.1 Å². The fourth-order valence-corrected chi connectivity index (χ4v) is 3.22. The van der Waals surface area contributed by atoms with E-state index >= 15 is 0 Å². The first-order valence-electron chi connectivity index (χ1n) is 6.86. The number of hydrogen-bond acceptors (Lipinski definition) is 6. The molecule has 1 saturated heterocycles. The standard InChI is InChI=1S/C13H17F3N2O3S/c1-2-3-7-11(19)12(20)8(6-21-7)22-10-5-17-4-9(18-10)13(14,15)16/h4-5,7-8,11-12,19-20H,2-3,6H2,1H3/t7-,8+,11+,12-/m1/s1. The summed E-state index contributed by atoms with van der Waals surface area (Å²) in [6, 6.07) is 0. The van der Waals surface area contributed by atoms with E-state index in [1.54, 1.807) is 0 Å². The number of halogens is 3. The van der Waals surface area contributed by atoms with E-state index in [1.165, 1.54) is 6.20 Å². The molecule has 0 aliphatic carbocycles. The van der Waals surface area contributed by atoms with E-state index in [1.807, 2.05) is 6.92 Å². The fraction of sp³-hybridized carbons (Fsp3) is 0.692. The molecule has 9 heteroatoms. The minimum Gasteiger partial charge on any atom is -0.389 e. The van der Waals surface area contributed by atoms with Crippen LogP contribution in [-0.2, 0) is 10.9 Å². The van der Waals surface area contributed by atoms with Crippen molar-refractivity contribution in [3.05, 3.63) is 18.1 Å². The summed E-state index contributed by atoms with van der Waals surface area (Å²) >= 11 is 0.918. The van der Waals surface area contributed by atoms with Crippen molar-refractivity contribution < 1.29 is 28.1 Å². The average Bonchev–Trinajstić information content (AvgIpc) is 2.46. The summed E-state index contributed by atoms with van der Waals surface area (Å²) in [5.74, 6) is 0. The Bertz CT molecular complexity index is 504. The third kappa shape index (κ3) is 4.09. The number of ether oxygens (including phenoxy) is 1. The van der Waals surface area contributed by atoms with E-state index in [4.69, 9.17) is 4.74 Å². The van der Waals surface area contributed by atoms with Crippen LogP contribution in [-0.4, -0.2) is 50.3 Å². The lowest BCUT2D eigenvalue weighted by Gasteiger charge is -2.37. The number of rotatable bonds is 4. The highest BCUT2D eigenvalue weighted by Crippen LogP contribution is 2.33. The third-order valence-electron chi connectivity index (χ3n) is 3.33. The summed E-state index contributed by atoms with van der Waals surface area (Å²) < 4.78 is 43.3. The van der Waals surface area contributed by atoms with Gasteiger partial charge in [-0.15, -0.1) is 0 Å². The summed E-state index contributed by atoms with van der Waals surface area (Å²) in [7, 11) is 0. The molecular weight excluding hydrogens is 321 g/mol. The zero-order chi connectivity index (χ0) is 16.3. The van der Waals surface area contributed by atoms with Gasteiger partial charge in [-0.3, -0.25) is 4.98 Å². The molecule has 1 aromatic heterocycles. The van der Waals surface area contributed by atoms with Gasteiger partial charge in [0.05, 0.1) is 36.5 Å². The van der Waals surface area contributed by atoms with Crippen LogP contribution >= 0.6 is 11.8 Å². The van der Waals surface area contributed by atoms with Gasteiger partial charge in [0.2, 0.25) is 0 Å². The zero-order valence-electron chi connectivity index (χ0n) is 11.8. The molecule has 1 aliphatic rings. The van der Waals surface area contributed by atoms with Gasteiger partial charge in [-0.05, 0) is 6.42 Å². The van der Waals surface area contributed by atoms with Gasteiger partial charge in [-0.2, -0.15) is 13.2 Å². The van der Waals surface area contributed by atoms with Crippen LogP contribution in [0.2, 0.25) is 0 Å². The van der Waals surface area contributed by atoms with Crippen molar-refractivity contribution in [3.63, 3.8) is 0 Å². The highest BCUT2D eigenvalue weighted by atomic mass is 32.2. The molecule has 0 spiro atoms. The van der Waals surface area contributed by atoms with Crippen LogP contribution in [0.25, 0.3) is 0 Å². The van der Waals surface area contributed by atoms with Crippen LogP contribution in [0.1, 0.15) is 25.5 Å². The Balaban J connectivity index is 2.05. The van der Waals surface area contributed by atoms with E-state index < -0.39 is 35.4 Å². The van der Waals surface area contributed by atoms with E-state index in [0.717, 1.165) is 18.2 Å². The topological polar surface area (TPSA) is 75.5 Å². The number of aliphatic hydroxyl groups excluding tert-OH is 2. The molecule has 2 rings (SSSR count). The van der Waals surface area contributed by atoms with Crippen LogP contribution in [0.4, 0.5) is 13.2 Å². The summed E-state index contributed by atoms with van der Waals surface area (Å²) in [4.78, 5) is 7.00. The number of thioether (sulfide) groups is 1. The Morgan fingerprint density at radius 1 is 1.32 bits per heavy atom. The zero-order valence-corrected chi connectivity index (χ0v) is 12.6. The predicted molar refractivity (Wildman–Crippen MR) is 73.3 cm³/mol. The average molecular weight is 338 g/mol. The summed E-state index contributed by atoms with van der Waals surface area (Å²) in [6.07, 6.45) is -3.94. The summed E-state index contributed by atoms with van der Waals surface area (Å²) in [5.41, 5.74) is -1.09. The quantitative estimate of drug-likeness (QED) is 0.873. The molecule has 1 fully saturated rings. The van der Waals surface area contributed by atoms with Crippen molar-refractivity contribution in [2.24, 2.45) is 0 Å². The van der Waals surface area contributed by atoms with Gasteiger partial charge >= 0.3 is 6.18 Å². The van der Waals surface area contributed by atoms with Gasteiger partial charge < -0.3 is 14.9 Å². The number of nitrogens with zero attached hydrogens (tertiary/aromatic N) is 2. The number of hydrogen-bond donors (Lipinski definition) is 2. The molecule has 0 amide bonds. The first-order chi connectivity index (χ1) is 10.3. The van der Waals surface area contributed by atoms with Crippen molar-refractivity contribution >= 4 is 11.8 Å². The van der Waals surface area contributed by atoms with E-state index in [0.29, 0.717) is 12.6 Å². The molecule has 0 aromatic carbocycles. The molecule has 5 nitrogen and oxygen atoms in total. The minimum absolute atomic E-state index is 0.0311. The molecule has 22 heavy (non-hydrogen) atoms. The van der Waals surface area contributed by atoms with Crippen molar-refractivity contribution in [2.75, 3.05) is 6.61 Å². The lowest BCUT2D eigenvalue weighted by molar-refractivity contribution is -0.141. The second kappa shape index (κ2) is 7.12. The normalized spacial score (nSPS) is 29.5. The smallest absolute Gasteiger partial charge is 0.389 e. The van der Waals surface area contributed by atoms with Crippen LogP contribution in [0, 0.1) is 0 Å². The number of aromatic nitrogens is 2. The first-order valence-corrected chi connectivity index (χ1v) is 7.74. The van der Waals surface area contributed by atoms with Gasteiger partial charge in [0.15, 0.2) is 5.69 Å². The van der Waals surface area contributed by atoms with Crippen molar-refractivity contribution in [1.29, 1.82) is 0 Å². The van der Waals surface area contributed by atoms with Gasteiger partial charge in [0.25, 0.3) is 0 Å². The van der Waals surface area contributed by atoms with Crippen LogP contribution in [0.3, 0.4) is 0 Å². The molecule has 0 bridgehead atoms. The fourth-order valence-electron chi connectivity index (χ4n) is 2.19. The highest BCUT2D eigenvalue weighted by molar-refractivity contribution is 7.99. The van der Waals surface area contributed by atoms with Crippen molar-refractivity contribution in [3.8, 4) is 0 Å². The lowest BCUT2D eigenvalue weighted by Crippen LogP contribution is -2.51. The maximum absolute atomic E-state index is 12.6. The molecular formula is C13H17F3N2O3S. The van der Waals surface area contributed by atoms with Crippen LogP contribution in [0.5, 0.6) is 0 Å². The van der Waals surface area contributed by atoms with Gasteiger partial charge in [0, 0.05) is 0 Å². The summed E-state index contributed by atoms with van der Waals surface area (Å²) in [5, 5.41) is 19.5. The second-order valence-electron chi connectivity index (χ2n) is 5.04. The second-order valence-corrected chi connectivity index (χ2v) is 6.30. The first kappa shape index (κ1) is 17.5. The van der Waals surface area contributed by atoms with Crippen molar-refractivity contribution in [2.45, 2.75) is 54.5 Å². The Kier molecular flexibility index (Phi) is 5.65. The van der Waals surface area contributed by atoms with Gasteiger partial charge in [-0.1, -0.05) is 25.1 Å². The number of alkyl halides is 3. The van der Waals surface area contributed by atoms with E-state index in [-0.39, 0.29) is 11.6 Å². The molecule has 0 radical (unpaired) electrons. The van der Waals surface area contributed by atoms with E-state index in [2.05, 4.69) is 9.97 Å². The Morgan fingerprint density at radius 3 is 2.68 bits per heavy atom. The summed E-state index contributed by atoms with van der Waals surface area (Å²) in [6.45, 7) is 2.06. The highest BCUT2D eigenvalue weighted by Gasteiger charge is 2.39. The molecule has 2 heterocycles. The monoisotopic (exact) mass is 338 g/mol.